The molecule has 5 nitrogen and oxygen atoms in total. The second kappa shape index (κ2) is 7.32. The molecule has 0 fully saturated rings. The summed E-state index contributed by atoms with van der Waals surface area (Å²) in [5.41, 5.74) is 2.20. The van der Waals surface area contributed by atoms with Crippen molar-refractivity contribution >= 4 is 39.1 Å². The molecule has 0 aliphatic carbocycles. The van der Waals surface area contributed by atoms with Gasteiger partial charge in [0.25, 0.3) is 10.0 Å². The number of anilines is 2. The number of thioether (sulfide) groups is 1. The molecule has 2 N–H and O–H groups in total. The number of benzene rings is 2. The van der Waals surface area contributed by atoms with Crippen LogP contribution in [-0.2, 0) is 14.8 Å². The zero-order chi connectivity index (χ0) is 18.9. The molecule has 0 aromatic heterocycles. The van der Waals surface area contributed by atoms with E-state index in [0.29, 0.717) is 23.7 Å². The minimum Gasteiger partial charge on any atom is -0.325 e. The molecule has 0 spiro atoms. The lowest BCUT2D eigenvalue weighted by Gasteiger charge is -2.12. The van der Waals surface area contributed by atoms with Crippen molar-refractivity contribution in [3.8, 4) is 0 Å². The highest BCUT2D eigenvalue weighted by atomic mass is 32.2. The van der Waals surface area contributed by atoms with Crippen molar-refractivity contribution in [2.75, 3.05) is 10.0 Å². The number of hydrogen-bond acceptors (Lipinski definition) is 4. The average Bonchev–Trinajstić information content (AvgIpc) is 2.70. The fourth-order valence-electron chi connectivity index (χ4n) is 2.75. The first-order valence-electron chi connectivity index (χ1n) is 8.48. The quantitative estimate of drug-likeness (QED) is 0.810. The van der Waals surface area contributed by atoms with E-state index in [-0.39, 0.29) is 16.1 Å². The SMILES string of the molecule is CC(C)c1ccc(NS(=O)(=O)c2ccc3c(c2)NC(=O)C[C@H](C)S3)cc1. The highest BCUT2D eigenvalue weighted by Gasteiger charge is 2.22. The summed E-state index contributed by atoms with van der Waals surface area (Å²) in [4.78, 5) is 12.9. The lowest BCUT2D eigenvalue weighted by molar-refractivity contribution is -0.116. The van der Waals surface area contributed by atoms with Crippen molar-refractivity contribution < 1.29 is 13.2 Å². The topological polar surface area (TPSA) is 75.3 Å². The molecule has 1 aliphatic heterocycles. The largest absolute Gasteiger partial charge is 0.325 e. The Morgan fingerprint density at radius 2 is 1.85 bits per heavy atom. The van der Waals surface area contributed by atoms with Crippen molar-refractivity contribution in [2.45, 2.75) is 48.2 Å². The summed E-state index contributed by atoms with van der Waals surface area (Å²) in [6.45, 7) is 6.15. The summed E-state index contributed by atoms with van der Waals surface area (Å²) < 4.78 is 28.0. The summed E-state index contributed by atoms with van der Waals surface area (Å²) in [5.74, 6) is 0.282. The molecule has 2 aromatic carbocycles. The Morgan fingerprint density at radius 3 is 2.50 bits per heavy atom. The van der Waals surface area contributed by atoms with E-state index < -0.39 is 10.0 Å². The maximum absolute atomic E-state index is 12.7. The van der Waals surface area contributed by atoms with E-state index in [0.717, 1.165) is 10.5 Å². The molecular formula is C19H22N2O3S2. The van der Waals surface area contributed by atoms with Gasteiger partial charge in [0.1, 0.15) is 0 Å². The number of sulfonamides is 1. The van der Waals surface area contributed by atoms with Gasteiger partial charge in [-0.05, 0) is 41.8 Å². The van der Waals surface area contributed by atoms with Crippen LogP contribution in [-0.4, -0.2) is 19.6 Å². The van der Waals surface area contributed by atoms with Crippen molar-refractivity contribution in [3.05, 3.63) is 48.0 Å². The van der Waals surface area contributed by atoms with Crippen LogP contribution in [0.4, 0.5) is 11.4 Å². The fourth-order valence-corrected chi connectivity index (χ4v) is 4.88. The first-order chi connectivity index (χ1) is 12.2. The lowest BCUT2D eigenvalue weighted by atomic mass is 10.0. The summed E-state index contributed by atoms with van der Waals surface area (Å²) in [7, 11) is -3.73. The maximum atomic E-state index is 12.7. The predicted molar refractivity (Wildman–Crippen MR) is 106 cm³/mol. The molecule has 1 amide bonds. The van der Waals surface area contributed by atoms with Gasteiger partial charge >= 0.3 is 0 Å². The molecule has 0 unspecified atom stereocenters. The summed E-state index contributed by atoms with van der Waals surface area (Å²) in [6.07, 6.45) is 0.405. The number of hydrogen-bond donors (Lipinski definition) is 2. The highest BCUT2D eigenvalue weighted by Crippen LogP contribution is 2.36. The van der Waals surface area contributed by atoms with Crippen LogP contribution in [0.2, 0.25) is 0 Å². The monoisotopic (exact) mass is 390 g/mol. The summed E-state index contributed by atoms with van der Waals surface area (Å²) >= 11 is 1.57. The Kier molecular flexibility index (Phi) is 5.29. The van der Waals surface area contributed by atoms with Crippen LogP contribution in [0.5, 0.6) is 0 Å². The van der Waals surface area contributed by atoms with Crippen LogP contribution >= 0.6 is 11.8 Å². The standard InChI is InChI=1S/C19H22N2O3S2/c1-12(2)14-4-6-15(7-5-14)21-26(23,24)16-8-9-18-17(11-16)20-19(22)10-13(3)25-18/h4-9,11-13,21H,10H2,1-3H3,(H,20,22)/t13-/m0/s1. The average molecular weight is 391 g/mol. The number of nitrogens with one attached hydrogen (secondary N) is 2. The second-order valence-electron chi connectivity index (χ2n) is 6.72. The van der Waals surface area contributed by atoms with Gasteiger partial charge in [0, 0.05) is 22.3 Å². The van der Waals surface area contributed by atoms with Crippen LogP contribution in [0.25, 0.3) is 0 Å². The minimum atomic E-state index is -3.73. The first-order valence-corrected chi connectivity index (χ1v) is 10.8. The maximum Gasteiger partial charge on any atom is 0.261 e. The van der Waals surface area contributed by atoms with E-state index >= 15 is 0 Å². The van der Waals surface area contributed by atoms with Gasteiger partial charge in [0.05, 0.1) is 10.6 Å². The van der Waals surface area contributed by atoms with Crippen LogP contribution < -0.4 is 10.0 Å². The Morgan fingerprint density at radius 1 is 1.15 bits per heavy atom. The normalized spacial score (nSPS) is 17.4. The van der Waals surface area contributed by atoms with Crippen molar-refractivity contribution in [3.63, 3.8) is 0 Å². The van der Waals surface area contributed by atoms with E-state index in [4.69, 9.17) is 0 Å². The Hall–Kier alpha value is -1.99. The van der Waals surface area contributed by atoms with E-state index in [1.165, 1.54) is 6.07 Å². The van der Waals surface area contributed by atoms with Crippen LogP contribution in [0.1, 0.15) is 38.7 Å². The molecule has 1 atom stereocenters. The number of carbonyl (C=O) groups is 1. The number of rotatable bonds is 4. The van der Waals surface area contributed by atoms with Gasteiger partial charge < -0.3 is 5.32 Å². The summed E-state index contributed by atoms with van der Waals surface area (Å²) in [6, 6.07) is 12.2. The molecular weight excluding hydrogens is 368 g/mol. The van der Waals surface area contributed by atoms with Crippen molar-refractivity contribution in [1.82, 2.24) is 0 Å². The molecule has 0 radical (unpaired) electrons. The van der Waals surface area contributed by atoms with Crippen LogP contribution in [0, 0.1) is 0 Å². The van der Waals surface area contributed by atoms with Gasteiger partial charge in [-0.1, -0.05) is 32.9 Å². The van der Waals surface area contributed by atoms with Crippen molar-refractivity contribution in [2.24, 2.45) is 0 Å². The number of fused-ring (bicyclic) bond motifs is 1. The number of carbonyl (C=O) groups excluding carboxylic acids is 1. The van der Waals surface area contributed by atoms with Gasteiger partial charge in [-0.3, -0.25) is 9.52 Å². The van der Waals surface area contributed by atoms with Gasteiger partial charge in [-0.15, -0.1) is 11.8 Å². The Labute approximate surface area is 158 Å². The van der Waals surface area contributed by atoms with Gasteiger partial charge in [0.15, 0.2) is 0 Å². The third-order valence-corrected chi connectivity index (χ3v) is 6.72. The molecule has 2 aromatic rings. The first kappa shape index (κ1) is 18.8. The molecule has 1 heterocycles. The zero-order valence-corrected chi connectivity index (χ0v) is 16.6. The van der Waals surface area contributed by atoms with Gasteiger partial charge in [0.2, 0.25) is 5.91 Å². The van der Waals surface area contributed by atoms with Gasteiger partial charge in [-0.2, -0.15) is 0 Å². The minimum absolute atomic E-state index is 0.101. The molecule has 138 valence electrons. The highest BCUT2D eigenvalue weighted by molar-refractivity contribution is 8.00. The predicted octanol–water partition coefficient (Wildman–Crippen LogP) is 4.43. The second-order valence-corrected chi connectivity index (χ2v) is 9.88. The molecule has 7 heteroatoms. The fraction of sp³-hybridized carbons (Fsp3) is 0.316. The van der Waals surface area contributed by atoms with E-state index in [2.05, 4.69) is 23.9 Å². The van der Waals surface area contributed by atoms with E-state index in [9.17, 15) is 13.2 Å². The molecule has 0 saturated heterocycles. The molecule has 1 aliphatic rings. The third-order valence-electron chi connectivity index (χ3n) is 4.17. The van der Waals surface area contributed by atoms with E-state index in [1.807, 2.05) is 19.1 Å². The Bertz CT molecular complexity index is 922. The molecule has 0 bridgehead atoms. The van der Waals surface area contributed by atoms with Gasteiger partial charge in [-0.25, -0.2) is 8.42 Å². The Balaban J connectivity index is 1.86. The van der Waals surface area contributed by atoms with Crippen LogP contribution in [0.15, 0.2) is 52.3 Å². The van der Waals surface area contributed by atoms with E-state index in [1.54, 1.807) is 36.0 Å². The summed E-state index contributed by atoms with van der Waals surface area (Å²) in [5, 5.41) is 2.95. The molecule has 26 heavy (non-hydrogen) atoms. The lowest BCUT2D eigenvalue weighted by Crippen LogP contribution is -2.15. The molecule has 3 rings (SSSR count). The smallest absolute Gasteiger partial charge is 0.261 e. The zero-order valence-electron chi connectivity index (χ0n) is 14.9. The van der Waals surface area contributed by atoms with Crippen molar-refractivity contribution in [1.29, 1.82) is 0 Å². The molecule has 0 saturated carbocycles. The third kappa shape index (κ3) is 4.22. The number of amides is 1. The van der Waals surface area contributed by atoms with Crippen LogP contribution in [0.3, 0.4) is 0 Å².